The molecule has 7 heteroatoms. The smallest absolute Gasteiger partial charge is 0.256 e. The molecule has 2 aromatic rings. The molecule has 0 aliphatic carbocycles. The quantitative estimate of drug-likeness (QED) is 0.608. The van der Waals surface area contributed by atoms with Crippen molar-refractivity contribution in [3.8, 4) is 11.3 Å². The van der Waals surface area contributed by atoms with Gasteiger partial charge in [0, 0.05) is 15.9 Å². The summed E-state index contributed by atoms with van der Waals surface area (Å²) >= 11 is 0. The molecule has 2 rings (SSSR count). The highest BCUT2D eigenvalue weighted by atomic mass is 19.4. The summed E-state index contributed by atoms with van der Waals surface area (Å²) < 4.78 is 101. The van der Waals surface area contributed by atoms with Gasteiger partial charge in [-0.05, 0) is 55.6 Å². The van der Waals surface area contributed by atoms with Gasteiger partial charge in [0.25, 0.3) is 0 Å². The average Bonchev–Trinajstić information content (AvgIpc) is 2.46. The SMILES string of the molecule is [2H]C([2H])([2H])c1cnc(-c2cc(C)c(C)c(C(F)(F)F)c2)cc1C(F)(F)F. The zero-order valence-corrected chi connectivity index (χ0v) is 12.0. The molecule has 0 bridgehead atoms. The van der Waals surface area contributed by atoms with Gasteiger partial charge in [0.15, 0.2) is 0 Å². The summed E-state index contributed by atoms with van der Waals surface area (Å²) in [6.45, 7) is -0.402. The minimum Gasteiger partial charge on any atom is -0.256 e. The zero-order chi connectivity index (χ0) is 20.1. The van der Waals surface area contributed by atoms with E-state index in [1.807, 2.05) is 0 Å². The van der Waals surface area contributed by atoms with Crippen LogP contribution in [0.3, 0.4) is 0 Å². The first-order chi connectivity index (χ1) is 11.6. The molecule has 0 saturated carbocycles. The first kappa shape index (κ1) is 13.4. The number of hydrogen-bond donors (Lipinski definition) is 0. The van der Waals surface area contributed by atoms with Gasteiger partial charge in [0.2, 0.25) is 0 Å². The number of benzene rings is 1. The van der Waals surface area contributed by atoms with Crippen LogP contribution in [-0.2, 0) is 12.4 Å². The number of rotatable bonds is 1. The van der Waals surface area contributed by atoms with Crippen molar-refractivity contribution in [2.75, 3.05) is 0 Å². The molecular formula is C16H13F6N. The fourth-order valence-corrected chi connectivity index (χ4v) is 2.15. The van der Waals surface area contributed by atoms with Crippen molar-refractivity contribution in [1.82, 2.24) is 4.98 Å². The lowest BCUT2D eigenvalue weighted by atomic mass is 9.96. The lowest BCUT2D eigenvalue weighted by Crippen LogP contribution is -2.10. The summed E-state index contributed by atoms with van der Waals surface area (Å²) in [7, 11) is 0. The molecule has 0 N–H and O–H groups in total. The molecule has 0 spiro atoms. The normalized spacial score (nSPS) is 15.0. The van der Waals surface area contributed by atoms with E-state index in [-0.39, 0.29) is 22.4 Å². The van der Waals surface area contributed by atoms with Crippen LogP contribution in [0.1, 0.15) is 31.9 Å². The average molecular weight is 336 g/mol. The standard InChI is InChI=1S/C16H13F6N/c1-8-4-11(5-13(10(8)3)16(20,21)22)14-6-12(15(17,18)19)9(2)7-23-14/h4-7H,1-3H3/i2D3. The summed E-state index contributed by atoms with van der Waals surface area (Å²) in [5.41, 5.74) is -3.82. The van der Waals surface area contributed by atoms with E-state index >= 15 is 0 Å². The number of aromatic nitrogens is 1. The number of nitrogens with zero attached hydrogens (tertiary/aromatic N) is 1. The van der Waals surface area contributed by atoms with Gasteiger partial charge in [-0.25, -0.2) is 0 Å². The Morgan fingerprint density at radius 3 is 2.00 bits per heavy atom. The lowest BCUT2D eigenvalue weighted by Gasteiger charge is -2.16. The predicted molar refractivity (Wildman–Crippen MR) is 73.9 cm³/mol. The minimum atomic E-state index is -4.99. The monoisotopic (exact) mass is 336 g/mol. The summed E-state index contributed by atoms with van der Waals surface area (Å²) in [5, 5.41) is 0. The number of hydrogen-bond acceptors (Lipinski definition) is 1. The van der Waals surface area contributed by atoms with Gasteiger partial charge in [-0.15, -0.1) is 0 Å². The number of alkyl halides is 6. The van der Waals surface area contributed by atoms with Gasteiger partial charge in [0.1, 0.15) is 0 Å². The third kappa shape index (κ3) is 3.48. The maximum absolute atomic E-state index is 13.2. The van der Waals surface area contributed by atoms with E-state index in [2.05, 4.69) is 4.98 Å². The molecule has 124 valence electrons. The van der Waals surface area contributed by atoms with Gasteiger partial charge in [-0.3, -0.25) is 4.98 Å². The molecule has 1 aromatic carbocycles. The van der Waals surface area contributed by atoms with Crippen LogP contribution in [0.5, 0.6) is 0 Å². The molecule has 1 nitrogen and oxygen atoms in total. The molecule has 0 radical (unpaired) electrons. The van der Waals surface area contributed by atoms with Crippen LogP contribution in [0.15, 0.2) is 24.4 Å². The summed E-state index contributed by atoms with van der Waals surface area (Å²) in [6, 6.07) is 2.45. The van der Waals surface area contributed by atoms with E-state index in [0.717, 1.165) is 0 Å². The summed E-state index contributed by atoms with van der Waals surface area (Å²) in [4.78, 5) is 3.66. The molecule has 0 fully saturated rings. The van der Waals surface area contributed by atoms with Crippen LogP contribution in [0.25, 0.3) is 11.3 Å². The minimum absolute atomic E-state index is 0.0450. The first-order valence-corrected chi connectivity index (χ1v) is 6.39. The van der Waals surface area contributed by atoms with Crippen molar-refractivity contribution in [2.45, 2.75) is 33.1 Å². The highest BCUT2D eigenvalue weighted by molar-refractivity contribution is 5.64. The Morgan fingerprint density at radius 2 is 1.48 bits per heavy atom. The molecule has 0 atom stereocenters. The maximum atomic E-state index is 13.2. The lowest BCUT2D eigenvalue weighted by molar-refractivity contribution is -0.139. The Balaban J connectivity index is 2.73. The van der Waals surface area contributed by atoms with Crippen LogP contribution in [-0.4, -0.2) is 4.98 Å². The van der Waals surface area contributed by atoms with E-state index in [0.29, 0.717) is 18.3 Å². The molecule has 0 aliphatic rings. The van der Waals surface area contributed by atoms with E-state index in [1.54, 1.807) is 0 Å². The maximum Gasteiger partial charge on any atom is 0.416 e. The largest absolute Gasteiger partial charge is 0.416 e. The Morgan fingerprint density at radius 1 is 0.870 bits per heavy atom. The molecule has 0 unspecified atom stereocenters. The van der Waals surface area contributed by atoms with Crippen molar-refractivity contribution < 1.29 is 30.5 Å². The molecule has 23 heavy (non-hydrogen) atoms. The highest BCUT2D eigenvalue weighted by Crippen LogP contribution is 2.38. The Kier molecular flexibility index (Phi) is 3.23. The second kappa shape index (κ2) is 5.54. The van der Waals surface area contributed by atoms with Crippen molar-refractivity contribution >= 4 is 0 Å². The van der Waals surface area contributed by atoms with Crippen molar-refractivity contribution in [2.24, 2.45) is 0 Å². The fraction of sp³-hybridized carbons (Fsp3) is 0.312. The van der Waals surface area contributed by atoms with E-state index < -0.39 is 35.9 Å². The number of aryl methyl sites for hydroxylation is 2. The summed E-state index contributed by atoms with van der Waals surface area (Å²) in [6.07, 6.45) is -9.14. The van der Waals surface area contributed by atoms with Crippen LogP contribution in [0, 0.1) is 20.7 Å². The third-order valence-electron chi connectivity index (χ3n) is 3.48. The van der Waals surface area contributed by atoms with Gasteiger partial charge in [-0.2, -0.15) is 26.3 Å². The molecular weight excluding hydrogens is 320 g/mol. The van der Waals surface area contributed by atoms with Crippen LogP contribution in [0.4, 0.5) is 26.3 Å². The number of pyridine rings is 1. The molecule has 0 aliphatic heterocycles. The summed E-state index contributed by atoms with van der Waals surface area (Å²) in [5.74, 6) is 0. The fourth-order valence-electron chi connectivity index (χ4n) is 2.15. The Hall–Kier alpha value is -2.05. The topological polar surface area (TPSA) is 12.9 Å². The molecule has 0 amide bonds. The Labute approximate surface area is 133 Å². The van der Waals surface area contributed by atoms with Gasteiger partial charge < -0.3 is 0 Å². The number of halogens is 6. The van der Waals surface area contributed by atoms with E-state index in [9.17, 15) is 26.3 Å². The van der Waals surface area contributed by atoms with Crippen molar-refractivity contribution in [1.29, 1.82) is 0 Å². The third-order valence-corrected chi connectivity index (χ3v) is 3.48. The molecule has 1 heterocycles. The van der Waals surface area contributed by atoms with Gasteiger partial charge in [-0.1, -0.05) is 0 Å². The van der Waals surface area contributed by atoms with E-state index in [4.69, 9.17) is 4.11 Å². The van der Waals surface area contributed by atoms with Gasteiger partial charge in [0.05, 0.1) is 16.8 Å². The van der Waals surface area contributed by atoms with Gasteiger partial charge >= 0.3 is 12.4 Å². The second-order valence-corrected chi connectivity index (χ2v) is 5.08. The van der Waals surface area contributed by atoms with Crippen LogP contribution < -0.4 is 0 Å². The van der Waals surface area contributed by atoms with E-state index in [1.165, 1.54) is 19.9 Å². The van der Waals surface area contributed by atoms with Crippen molar-refractivity contribution in [3.05, 3.63) is 52.2 Å². The zero-order valence-electron chi connectivity index (χ0n) is 15.0. The van der Waals surface area contributed by atoms with Crippen molar-refractivity contribution in [3.63, 3.8) is 0 Å². The Bertz CT molecular complexity index is 838. The van der Waals surface area contributed by atoms with Crippen LogP contribution >= 0.6 is 0 Å². The highest BCUT2D eigenvalue weighted by Gasteiger charge is 2.35. The molecule has 0 saturated heterocycles. The van der Waals surface area contributed by atoms with Crippen LogP contribution in [0.2, 0.25) is 0 Å². The first-order valence-electron chi connectivity index (χ1n) is 7.89. The predicted octanol–water partition coefficient (Wildman–Crippen LogP) is 5.71. The second-order valence-electron chi connectivity index (χ2n) is 5.08. The molecule has 1 aromatic heterocycles.